The first kappa shape index (κ1) is 15.1. The third kappa shape index (κ3) is 4.12. The monoisotopic (exact) mass is 279 g/mol. The molecule has 0 bridgehead atoms. The lowest BCUT2D eigenvalue weighted by Crippen LogP contribution is -2.11. The second kappa shape index (κ2) is 8.12. The van der Waals surface area contributed by atoms with E-state index >= 15 is 0 Å². The van der Waals surface area contributed by atoms with E-state index in [0.29, 0.717) is 12.7 Å². The summed E-state index contributed by atoms with van der Waals surface area (Å²) < 4.78 is 17.0. The van der Waals surface area contributed by atoms with E-state index in [1.54, 1.807) is 7.11 Å². The Morgan fingerprint density at radius 2 is 2.30 bits per heavy atom. The Hall–Kier alpha value is -1.26. The zero-order chi connectivity index (χ0) is 14.2. The molecule has 0 saturated carbocycles. The van der Waals surface area contributed by atoms with Crippen molar-refractivity contribution in [1.82, 2.24) is 5.32 Å². The molecule has 112 valence electrons. The molecule has 1 fully saturated rings. The SMILES string of the molecule is CNCc1cccc(OC)c1OCCCC1CCCO1. The van der Waals surface area contributed by atoms with Crippen LogP contribution in [0, 0.1) is 0 Å². The average Bonchev–Trinajstić information content (AvgIpc) is 2.98. The molecule has 1 aromatic carbocycles. The largest absolute Gasteiger partial charge is 0.493 e. The van der Waals surface area contributed by atoms with Crippen LogP contribution in [0.25, 0.3) is 0 Å². The fraction of sp³-hybridized carbons (Fsp3) is 0.625. The molecule has 4 nitrogen and oxygen atoms in total. The molecule has 20 heavy (non-hydrogen) atoms. The minimum absolute atomic E-state index is 0.438. The summed E-state index contributed by atoms with van der Waals surface area (Å²) in [5.74, 6) is 1.66. The molecule has 0 amide bonds. The van der Waals surface area contributed by atoms with E-state index in [2.05, 4.69) is 11.4 Å². The topological polar surface area (TPSA) is 39.7 Å². The van der Waals surface area contributed by atoms with Gasteiger partial charge in [-0.2, -0.15) is 0 Å². The van der Waals surface area contributed by atoms with E-state index in [0.717, 1.165) is 43.1 Å². The van der Waals surface area contributed by atoms with Crippen LogP contribution in [-0.2, 0) is 11.3 Å². The highest BCUT2D eigenvalue weighted by atomic mass is 16.5. The highest BCUT2D eigenvalue weighted by Gasteiger charge is 2.15. The maximum atomic E-state index is 5.95. The minimum atomic E-state index is 0.438. The Kier molecular flexibility index (Phi) is 6.15. The van der Waals surface area contributed by atoms with Crippen molar-refractivity contribution in [1.29, 1.82) is 0 Å². The lowest BCUT2D eigenvalue weighted by Gasteiger charge is -2.15. The fourth-order valence-electron chi connectivity index (χ4n) is 2.57. The van der Waals surface area contributed by atoms with Crippen LogP contribution in [-0.4, -0.2) is 33.5 Å². The number of nitrogens with one attached hydrogen (secondary N) is 1. The van der Waals surface area contributed by atoms with Gasteiger partial charge in [0, 0.05) is 18.7 Å². The van der Waals surface area contributed by atoms with Crippen LogP contribution in [0.2, 0.25) is 0 Å². The number of para-hydroxylation sites is 1. The zero-order valence-corrected chi connectivity index (χ0v) is 12.5. The molecule has 0 aromatic heterocycles. The van der Waals surface area contributed by atoms with Crippen LogP contribution in [0.4, 0.5) is 0 Å². The third-order valence-corrected chi connectivity index (χ3v) is 3.59. The van der Waals surface area contributed by atoms with Gasteiger partial charge in [0.25, 0.3) is 0 Å². The third-order valence-electron chi connectivity index (χ3n) is 3.59. The predicted octanol–water partition coefficient (Wildman–Crippen LogP) is 2.75. The standard InChI is InChI=1S/C16H25NO3/c1-17-12-13-6-3-9-15(18-2)16(13)20-11-5-8-14-7-4-10-19-14/h3,6,9,14,17H,4-5,7-8,10-12H2,1-2H3. The van der Waals surface area contributed by atoms with Gasteiger partial charge in [-0.3, -0.25) is 0 Å². The molecule has 1 heterocycles. The van der Waals surface area contributed by atoms with E-state index in [1.165, 1.54) is 12.8 Å². The summed E-state index contributed by atoms with van der Waals surface area (Å²) in [4.78, 5) is 0. The number of rotatable bonds is 8. The van der Waals surface area contributed by atoms with Gasteiger partial charge in [0.2, 0.25) is 0 Å². The summed E-state index contributed by atoms with van der Waals surface area (Å²) in [6, 6.07) is 5.99. The van der Waals surface area contributed by atoms with E-state index < -0.39 is 0 Å². The Labute approximate surface area is 121 Å². The normalized spacial score (nSPS) is 18.2. The quantitative estimate of drug-likeness (QED) is 0.743. The van der Waals surface area contributed by atoms with Crippen LogP contribution in [0.15, 0.2) is 18.2 Å². The second-order valence-corrected chi connectivity index (χ2v) is 5.10. The molecule has 4 heteroatoms. The number of methoxy groups -OCH3 is 1. The summed E-state index contributed by atoms with van der Waals surface area (Å²) in [7, 11) is 3.61. The molecule has 1 aliphatic rings. The highest BCUT2D eigenvalue weighted by molar-refractivity contribution is 5.46. The van der Waals surface area contributed by atoms with Crippen molar-refractivity contribution in [2.75, 3.05) is 27.4 Å². The Balaban J connectivity index is 1.86. The average molecular weight is 279 g/mol. The lowest BCUT2D eigenvalue weighted by atomic mass is 10.1. The van der Waals surface area contributed by atoms with Crippen molar-refractivity contribution in [3.8, 4) is 11.5 Å². The summed E-state index contributed by atoms with van der Waals surface area (Å²) in [6.07, 6.45) is 4.93. The van der Waals surface area contributed by atoms with Gasteiger partial charge in [0.05, 0.1) is 19.8 Å². The van der Waals surface area contributed by atoms with Crippen LogP contribution in [0.1, 0.15) is 31.2 Å². The maximum absolute atomic E-state index is 5.95. The molecular weight excluding hydrogens is 254 g/mol. The van der Waals surface area contributed by atoms with E-state index in [-0.39, 0.29) is 0 Å². The number of hydrogen-bond donors (Lipinski definition) is 1. The summed E-state index contributed by atoms with van der Waals surface area (Å²) in [5.41, 5.74) is 1.13. The second-order valence-electron chi connectivity index (χ2n) is 5.10. The molecule has 1 aromatic rings. The number of ether oxygens (including phenoxy) is 3. The molecule has 0 spiro atoms. The molecule has 1 unspecified atom stereocenters. The molecule has 1 N–H and O–H groups in total. The highest BCUT2D eigenvalue weighted by Crippen LogP contribution is 2.31. The Bertz CT molecular complexity index is 403. The van der Waals surface area contributed by atoms with E-state index in [9.17, 15) is 0 Å². The van der Waals surface area contributed by atoms with Gasteiger partial charge in [-0.1, -0.05) is 12.1 Å². The Morgan fingerprint density at radius 3 is 3.00 bits per heavy atom. The molecule has 1 atom stereocenters. The van der Waals surface area contributed by atoms with Gasteiger partial charge in [-0.15, -0.1) is 0 Å². The van der Waals surface area contributed by atoms with Gasteiger partial charge in [-0.05, 0) is 38.8 Å². The molecule has 2 rings (SSSR count). The molecule has 0 aliphatic carbocycles. The van der Waals surface area contributed by atoms with Crippen LogP contribution in [0.5, 0.6) is 11.5 Å². The molecule has 1 aliphatic heterocycles. The van der Waals surface area contributed by atoms with Crippen molar-refractivity contribution < 1.29 is 14.2 Å². The minimum Gasteiger partial charge on any atom is -0.493 e. The van der Waals surface area contributed by atoms with Crippen molar-refractivity contribution in [3.63, 3.8) is 0 Å². The molecule has 1 saturated heterocycles. The van der Waals surface area contributed by atoms with Crippen molar-refractivity contribution in [2.24, 2.45) is 0 Å². The van der Waals surface area contributed by atoms with Gasteiger partial charge in [0.1, 0.15) is 0 Å². The summed E-state index contributed by atoms with van der Waals surface area (Å²) >= 11 is 0. The van der Waals surface area contributed by atoms with Crippen molar-refractivity contribution in [2.45, 2.75) is 38.3 Å². The summed E-state index contributed by atoms with van der Waals surface area (Å²) in [6.45, 7) is 2.40. The first-order chi connectivity index (χ1) is 9.85. The smallest absolute Gasteiger partial charge is 0.165 e. The number of hydrogen-bond acceptors (Lipinski definition) is 4. The van der Waals surface area contributed by atoms with Crippen LogP contribution in [0.3, 0.4) is 0 Å². The van der Waals surface area contributed by atoms with E-state index in [4.69, 9.17) is 14.2 Å². The van der Waals surface area contributed by atoms with Crippen molar-refractivity contribution >= 4 is 0 Å². The summed E-state index contributed by atoms with van der Waals surface area (Å²) in [5, 5.41) is 3.16. The first-order valence-electron chi connectivity index (χ1n) is 7.40. The van der Waals surface area contributed by atoms with E-state index in [1.807, 2.05) is 19.2 Å². The predicted molar refractivity (Wildman–Crippen MR) is 79.5 cm³/mol. The Morgan fingerprint density at radius 1 is 1.40 bits per heavy atom. The molecule has 0 radical (unpaired) electrons. The van der Waals surface area contributed by atoms with Crippen molar-refractivity contribution in [3.05, 3.63) is 23.8 Å². The van der Waals surface area contributed by atoms with Gasteiger partial charge in [-0.25, -0.2) is 0 Å². The van der Waals surface area contributed by atoms with Gasteiger partial charge >= 0.3 is 0 Å². The number of benzene rings is 1. The zero-order valence-electron chi connectivity index (χ0n) is 12.5. The fourth-order valence-corrected chi connectivity index (χ4v) is 2.57. The molecular formula is C16H25NO3. The van der Waals surface area contributed by atoms with Crippen LogP contribution < -0.4 is 14.8 Å². The van der Waals surface area contributed by atoms with Gasteiger partial charge < -0.3 is 19.5 Å². The maximum Gasteiger partial charge on any atom is 0.165 e. The first-order valence-corrected chi connectivity index (χ1v) is 7.40. The van der Waals surface area contributed by atoms with Crippen LogP contribution >= 0.6 is 0 Å². The van der Waals surface area contributed by atoms with Gasteiger partial charge in [0.15, 0.2) is 11.5 Å². The lowest BCUT2D eigenvalue weighted by molar-refractivity contribution is 0.0979.